The van der Waals surface area contributed by atoms with Crippen LogP contribution in [0.15, 0.2) is 23.3 Å². The van der Waals surface area contributed by atoms with Crippen molar-refractivity contribution in [2.75, 3.05) is 31.1 Å². The maximum absolute atomic E-state index is 6.02. The van der Waals surface area contributed by atoms with Crippen molar-refractivity contribution in [1.29, 1.82) is 0 Å². The molecule has 2 N–H and O–H groups in total. The van der Waals surface area contributed by atoms with Crippen LogP contribution in [0.3, 0.4) is 0 Å². The summed E-state index contributed by atoms with van der Waals surface area (Å²) in [4.78, 5) is 13.4. The summed E-state index contributed by atoms with van der Waals surface area (Å²) in [5.41, 5.74) is 7.18. The van der Waals surface area contributed by atoms with Gasteiger partial charge in [0.2, 0.25) is 0 Å². The number of guanidine groups is 1. The molecule has 1 aliphatic rings. The Balaban J connectivity index is 2.02. The van der Waals surface area contributed by atoms with E-state index in [1.807, 2.05) is 12.3 Å². The first-order chi connectivity index (χ1) is 10.2. The molecule has 0 bridgehead atoms. The van der Waals surface area contributed by atoms with Gasteiger partial charge in [-0.3, -0.25) is 0 Å². The first kappa shape index (κ1) is 15.6. The van der Waals surface area contributed by atoms with Gasteiger partial charge >= 0.3 is 0 Å². The zero-order valence-corrected chi connectivity index (χ0v) is 13.3. The lowest BCUT2D eigenvalue weighted by molar-refractivity contribution is 0.458. The summed E-state index contributed by atoms with van der Waals surface area (Å²) in [6, 6.07) is 4.16. The quantitative estimate of drug-likeness (QED) is 0.667. The van der Waals surface area contributed by atoms with Gasteiger partial charge in [-0.05, 0) is 50.8 Å². The molecule has 0 saturated carbocycles. The Morgan fingerprint density at radius 2 is 2.00 bits per heavy atom. The first-order valence-electron chi connectivity index (χ1n) is 7.99. The Bertz CT molecular complexity index is 461. The van der Waals surface area contributed by atoms with E-state index in [4.69, 9.17) is 5.73 Å². The summed E-state index contributed by atoms with van der Waals surface area (Å²) in [6.45, 7) is 8.80. The average Bonchev–Trinajstić information content (AvgIpc) is 2.55. The number of pyridine rings is 1. The van der Waals surface area contributed by atoms with E-state index in [2.05, 4.69) is 39.7 Å². The highest BCUT2D eigenvalue weighted by molar-refractivity contribution is 5.78. The minimum atomic E-state index is 0.617. The SMILES string of the molecule is CCN(CC)C(N)=NCc1ccnc(N2CCCCC2)c1. The van der Waals surface area contributed by atoms with Gasteiger partial charge in [-0.2, -0.15) is 0 Å². The van der Waals surface area contributed by atoms with Gasteiger partial charge < -0.3 is 15.5 Å². The van der Waals surface area contributed by atoms with Crippen LogP contribution in [0.4, 0.5) is 5.82 Å². The molecule has 1 aromatic rings. The van der Waals surface area contributed by atoms with Crippen LogP contribution < -0.4 is 10.6 Å². The maximum Gasteiger partial charge on any atom is 0.191 e. The molecule has 1 aromatic heterocycles. The molecule has 2 rings (SSSR count). The van der Waals surface area contributed by atoms with E-state index in [9.17, 15) is 0 Å². The van der Waals surface area contributed by atoms with E-state index in [1.54, 1.807) is 0 Å². The molecule has 0 aliphatic carbocycles. The number of hydrogen-bond acceptors (Lipinski definition) is 3. The first-order valence-corrected chi connectivity index (χ1v) is 7.99. The Morgan fingerprint density at radius 3 is 2.67 bits per heavy atom. The summed E-state index contributed by atoms with van der Waals surface area (Å²) in [6.07, 6.45) is 5.74. The number of rotatable bonds is 5. The van der Waals surface area contributed by atoms with Crippen LogP contribution in [0, 0.1) is 0 Å². The summed E-state index contributed by atoms with van der Waals surface area (Å²) in [5.74, 6) is 1.69. The fourth-order valence-electron chi connectivity index (χ4n) is 2.67. The number of nitrogens with zero attached hydrogens (tertiary/aromatic N) is 4. The van der Waals surface area contributed by atoms with Crippen molar-refractivity contribution in [2.45, 2.75) is 39.7 Å². The second-order valence-electron chi connectivity index (χ2n) is 5.42. The highest BCUT2D eigenvalue weighted by atomic mass is 15.2. The van der Waals surface area contributed by atoms with Crippen LogP contribution >= 0.6 is 0 Å². The maximum atomic E-state index is 6.02. The van der Waals surface area contributed by atoms with Crippen molar-refractivity contribution in [1.82, 2.24) is 9.88 Å². The van der Waals surface area contributed by atoms with Crippen molar-refractivity contribution in [3.05, 3.63) is 23.9 Å². The minimum absolute atomic E-state index is 0.617. The van der Waals surface area contributed by atoms with Gasteiger partial charge in [0.25, 0.3) is 0 Å². The molecule has 0 radical (unpaired) electrons. The molecular weight excluding hydrogens is 262 g/mol. The number of hydrogen-bond donors (Lipinski definition) is 1. The van der Waals surface area contributed by atoms with E-state index < -0.39 is 0 Å². The van der Waals surface area contributed by atoms with Crippen molar-refractivity contribution >= 4 is 11.8 Å². The van der Waals surface area contributed by atoms with Crippen LogP contribution in [0.25, 0.3) is 0 Å². The molecule has 116 valence electrons. The fraction of sp³-hybridized carbons (Fsp3) is 0.625. The lowest BCUT2D eigenvalue weighted by Crippen LogP contribution is -2.37. The van der Waals surface area contributed by atoms with Gasteiger partial charge in [0.05, 0.1) is 6.54 Å². The molecule has 5 heteroatoms. The predicted octanol–water partition coefficient (Wildman–Crippen LogP) is 2.23. The normalized spacial score (nSPS) is 16.1. The van der Waals surface area contributed by atoms with E-state index in [0.29, 0.717) is 12.5 Å². The van der Waals surface area contributed by atoms with Crippen LogP contribution in [-0.2, 0) is 6.54 Å². The smallest absolute Gasteiger partial charge is 0.191 e. The summed E-state index contributed by atoms with van der Waals surface area (Å²) in [7, 11) is 0. The molecule has 0 atom stereocenters. The van der Waals surface area contributed by atoms with Crippen molar-refractivity contribution in [3.63, 3.8) is 0 Å². The molecule has 2 heterocycles. The van der Waals surface area contributed by atoms with Crippen LogP contribution in [0.1, 0.15) is 38.7 Å². The molecule has 0 amide bonds. The fourth-order valence-corrected chi connectivity index (χ4v) is 2.67. The lowest BCUT2D eigenvalue weighted by atomic mass is 10.1. The predicted molar refractivity (Wildman–Crippen MR) is 88.5 cm³/mol. The summed E-state index contributed by atoms with van der Waals surface area (Å²) >= 11 is 0. The zero-order valence-electron chi connectivity index (χ0n) is 13.3. The van der Waals surface area contributed by atoms with E-state index in [0.717, 1.165) is 32.0 Å². The molecule has 1 fully saturated rings. The van der Waals surface area contributed by atoms with Gasteiger partial charge in [-0.15, -0.1) is 0 Å². The third-order valence-corrected chi connectivity index (χ3v) is 4.00. The van der Waals surface area contributed by atoms with Crippen LogP contribution in [0.2, 0.25) is 0 Å². The van der Waals surface area contributed by atoms with Gasteiger partial charge in [0.15, 0.2) is 5.96 Å². The second kappa shape index (κ2) is 7.86. The van der Waals surface area contributed by atoms with Crippen molar-refractivity contribution in [3.8, 4) is 0 Å². The van der Waals surface area contributed by atoms with Crippen molar-refractivity contribution in [2.24, 2.45) is 10.7 Å². The van der Waals surface area contributed by atoms with Crippen LogP contribution in [-0.4, -0.2) is 42.0 Å². The highest BCUT2D eigenvalue weighted by Crippen LogP contribution is 2.18. The van der Waals surface area contributed by atoms with E-state index >= 15 is 0 Å². The number of aromatic nitrogens is 1. The molecule has 1 aliphatic heterocycles. The molecule has 0 spiro atoms. The highest BCUT2D eigenvalue weighted by Gasteiger charge is 2.12. The summed E-state index contributed by atoms with van der Waals surface area (Å²) < 4.78 is 0. The molecular formula is C16H27N5. The Hall–Kier alpha value is -1.78. The van der Waals surface area contributed by atoms with Crippen molar-refractivity contribution < 1.29 is 0 Å². The van der Waals surface area contributed by atoms with Gasteiger partial charge in [0.1, 0.15) is 5.82 Å². The third kappa shape index (κ3) is 4.34. The van der Waals surface area contributed by atoms with Gasteiger partial charge in [0, 0.05) is 32.4 Å². The second-order valence-corrected chi connectivity index (χ2v) is 5.42. The summed E-state index contributed by atoms with van der Waals surface area (Å²) in [5, 5.41) is 0. The Morgan fingerprint density at radius 1 is 1.29 bits per heavy atom. The zero-order chi connectivity index (χ0) is 15.1. The number of aliphatic imine (C=N–C) groups is 1. The minimum Gasteiger partial charge on any atom is -0.370 e. The number of piperidine rings is 1. The Labute approximate surface area is 127 Å². The van der Waals surface area contributed by atoms with E-state index in [1.165, 1.54) is 24.8 Å². The number of nitrogens with two attached hydrogens (primary N) is 1. The van der Waals surface area contributed by atoms with Gasteiger partial charge in [-0.1, -0.05) is 0 Å². The van der Waals surface area contributed by atoms with E-state index in [-0.39, 0.29) is 0 Å². The van der Waals surface area contributed by atoms with Crippen LogP contribution in [0.5, 0.6) is 0 Å². The molecule has 21 heavy (non-hydrogen) atoms. The number of anilines is 1. The van der Waals surface area contributed by atoms with Gasteiger partial charge in [-0.25, -0.2) is 9.98 Å². The molecule has 0 aromatic carbocycles. The average molecular weight is 289 g/mol. The molecule has 5 nitrogen and oxygen atoms in total. The Kier molecular flexibility index (Phi) is 5.84. The molecule has 0 unspecified atom stereocenters. The largest absolute Gasteiger partial charge is 0.370 e. The third-order valence-electron chi connectivity index (χ3n) is 4.00. The monoisotopic (exact) mass is 289 g/mol. The lowest BCUT2D eigenvalue weighted by Gasteiger charge is -2.27. The standard InChI is InChI=1S/C16H27N5/c1-3-20(4-2)16(17)19-13-14-8-9-18-15(12-14)21-10-6-5-7-11-21/h8-9,12H,3-7,10-11,13H2,1-2H3,(H2,17,19). The topological polar surface area (TPSA) is 57.8 Å². The molecule has 1 saturated heterocycles.